The predicted octanol–water partition coefficient (Wildman–Crippen LogP) is 0.372. The molecule has 1 unspecified atom stereocenters. The number of nitrogens with one attached hydrogen (secondary N) is 2. The van der Waals surface area contributed by atoms with E-state index in [1.807, 2.05) is 0 Å². The van der Waals surface area contributed by atoms with Crippen LogP contribution in [0, 0.1) is 5.41 Å². The van der Waals surface area contributed by atoms with Crippen molar-refractivity contribution in [2.45, 2.75) is 39.2 Å². The van der Waals surface area contributed by atoms with Gasteiger partial charge in [-0.15, -0.1) is 0 Å². The molecule has 6 nitrogen and oxygen atoms in total. The quantitative estimate of drug-likeness (QED) is 0.623. The Kier molecular flexibility index (Phi) is 6.24. The Bertz CT molecular complexity index is 316. The predicted molar refractivity (Wildman–Crippen MR) is 70.9 cm³/mol. The molecule has 1 amide bonds. The van der Waals surface area contributed by atoms with Crippen molar-refractivity contribution >= 4 is 11.9 Å². The molecule has 110 valence electrons. The Hall–Kier alpha value is -1.14. The number of amides is 1. The van der Waals surface area contributed by atoms with Crippen LogP contribution in [0.2, 0.25) is 0 Å². The van der Waals surface area contributed by atoms with Gasteiger partial charge in [-0.3, -0.25) is 9.59 Å². The summed E-state index contributed by atoms with van der Waals surface area (Å²) in [5, 5.41) is 14.9. The molecule has 1 saturated heterocycles. The van der Waals surface area contributed by atoms with Crippen molar-refractivity contribution in [1.82, 2.24) is 10.6 Å². The third kappa shape index (κ3) is 5.16. The van der Waals surface area contributed by atoms with Crippen LogP contribution >= 0.6 is 0 Å². The van der Waals surface area contributed by atoms with Gasteiger partial charge < -0.3 is 20.5 Å². The molecule has 0 bridgehead atoms. The van der Waals surface area contributed by atoms with Crippen LogP contribution in [-0.4, -0.2) is 49.3 Å². The van der Waals surface area contributed by atoms with Crippen molar-refractivity contribution in [3.05, 3.63) is 0 Å². The van der Waals surface area contributed by atoms with Gasteiger partial charge in [-0.25, -0.2) is 0 Å². The molecule has 0 radical (unpaired) electrons. The van der Waals surface area contributed by atoms with Crippen molar-refractivity contribution in [3.63, 3.8) is 0 Å². The molecule has 1 atom stereocenters. The molecule has 0 saturated carbocycles. The minimum absolute atomic E-state index is 0.00405. The minimum Gasteiger partial charge on any atom is -0.481 e. The topological polar surface area (TPSA) is 87.7 Å². The molecule has 1 aliphatic heterocycles. The summed E-state index contributed by atoms with van der Waals surface area (Å²) in [4.78, 5) is 22.7. The van der Waals surface area contributed by atoms with E-state index in [1.165, 1.54) is 0 Å². The SMILES string of the molecule is CCC(C)(CNC(=O)COC1CCNCC1)C(=O)O. The third-order valence-electron chi connectivity index (χ3n) is 3.71. The van der Waals surface area contributed by atoms with E-state index in [1.54, 1.807) is 13.8 Å². The zero-order chi connectivity index (χ0) is 14.3. The summed E-state index contributed by atoms with van der Waals surface area (Å²) in [5.74, 6) is -1.14. The Morgan fingerprint density at radius 1 is 1.42 bits per heavy atom. The summed E-state index contributed by atoms with van der Waals surface area (Å²) in [7, 11) is 0. The second-order valence-corrected chi connectivity index (χ2v) is 5.26. The first-order valence-electron chi connectivity index (χ1n) is 6.80. The lowest BCUT2D eigenvalue weighted by atomic mass is 9.88. The van der Waals surface area contributed by atoms with E-state index in [-0.39, 0.29) is 25.2 Å². The molecule has 0 aromatic carbocycles. The van der Waals surface area contributed by atoms with Crippen LogP contribution < -0.4 is 10.6 Å². The first-order valence-corrected chi connectivity index (χ1v) is 6.80. The Morgan fingerprint density at radius 3 is 2.58 bits per heavy atom. The number of rotatable bonds is 7. The van der Waals surface area contributed by atoms with Gasteiger partial charge in [0.25, 0.3) is 0 Å². The normalized spacial score (nSPS) is 19.7. The van der Waals surface area contributed by atoms with Crippen LogP contribution in [-0.2, 0) is 14.3 Å². The van der Waals surface area contributed by atoms with E-state index in [0.29, 0.717) is 6.42 Å². The maximum Gasteiger partial charge on any atom is 0.311 e. The lowest BCUT2D eigenvalue weighted by molar-refractivity contribution is -0.148. The average molecular weight is 272 g/mol. The Labute approximate surface area is 113 Å². The highest BCUT2D eigenvalue weighted by Crippen LogP contribution is 2.19. The van der Waals surface area contributed by atoms with Crippen molar-refractivity contribution in [2.24, 2.45) is 5.41 Å². The van der Waals surface area contributed by atoms with Crippen molar-refractivity contribution in [1.29, 1.82) is 0 Å². The van der Waals surface area contributed by atoms with Gasteiger partial charge in [-0.2, -0.15) is 0 Å². The highest BCUT2D eigenvalue weighted by Gasteiger charge is 2.31. The smallest absolute Gasteiger partial charge is 0.311 e. The van der Waals surface area contributed by atoms with E-state index in [9.17, 15) is 9.59 Å². The third-order valence-corrected chi connectivity index (χ3v) is 3.71. The number of aliphatic carboxylic acids is 1. The number of ether oxygens (including phenoxy) is 1. The molecular weight excluding hydrogens is 248 g/mol. The highest BCUT2D eigenvalue weighted by atomic mass is 16.5. The maximum absolute atomic E-state index is 11.6. The molecule has 6 heteroatoms. The van der Waals surface area contributed by atoms with Gasteiger partial charge in [-0.05, 0) is 39.3 Å². The van der Waals surface area contributed by atoms with Crippen LogP contribution in [0.5, 0.6) is 0 Å². The molecule has 3 N–H and O–H groups in total. The molecule has 0 aromatic rings. The number of hydrogen-bond acceptors (Lipinski definition) is 4. The van der Waals surface area contributed by atoms with Crippen LogP contribution in [0.4, 0.5) is 0 Å². The van der Waals surface area contributed by atoms with Gasteiger partial charge in [0.15, 0.2) is 0 Å². The van der Waals surface area contributed by atoms with Gasteiger partial charge in [0.1, 0.15) is 6.61 Å². The fourth-order valence-electron chi connectivity index (χ4n) is 1.85. The summed E-state index contributed by atoms with van der Waals surface area (Å²) in [6.45, 7) is 5.39. The largest absolute Gasteiger partial charge is 0.481 e. The highest BCUT2D eigenvalue weighted by molar-refractivity contribution is 5.79. The van der Waals surface area contributed by atoms with Gasteiger partial charge in [-0.1, -0.05) is 6.92 Å². The number of carboxylic acid groups (broad SMARTS) is 1. The molecule has 19 heavy (non-hydrogen) atoms. The van der Waals surface area contributed by atoms with Crippen molar-refractivity contribution in [3.8, 4) is 0 Å². The fraction of sp³-hybridized carbons (Fsp3) is 0.846. The lowest BCUT2D eigenvalue weighted by Crippen LogP contribution is -2.42. The summed E-state index contributed by atoms with van der Waals surface area (Å²) in [6.07, 6.45) is 2.42. The summed E-state index contributed by atoms with van der Waals surface area (Å²) in [6, 6.07) is 0. The van der Waals surface area contributed by atoms with Crippen LogP contribution in [0.3, 0.4) is 0 Å². The number of carboxylic acids is 1. The van der Waals surface area contributed by atoms with Gasteiger partial charge in [0.2, 0.25) is 5.91 Å². The van der Waals surface area contributed by atoms with Gasteiger partial charge in [0.05, 0.1) is 11.5 Å². The van der Waals surface area contributed by atoms with Crippen molar-refractivity contribution < 1.29 is 19.4 Å². The Balaban J connectivity index is 2.25. The number of hydrogen-bond donors (Lipinski definition) is 3. The lowest BCUT2D eigenvalue weighted by Gasteiger charge is -2.25. The van der Waals surface area contributed by atoms with E-state index < -0.39 is 11.4 Å². The summed E-state index contributed by atoms with van der Waals surface area (Å²) in [5.41, 5.74) is -0.912. The van der Waals surface area contributed by atoms with Crippen LogP contribution in [0.1, 0.15) is 33.1 Å². The summed E-state index contributed by atoms with van der Waals surface area (Å²) < 4.78 is 5.50. The monoisotopic (exact) mass is 272 g/mol. The fourth-order valence-corrected chi connectivity index (χ4v) is 1.85. The molecule has 1 rings (SSSR count). The molecular formula is C13H24N2O4. The first kappa shape index (κ1) is 15.9. The van der Waals surface area contributed by atoms with Crippen molar-refractivity contribution in [2.75, 3.05) is 26.2 Å². The van der Waals surface area contributed by atoms with Crippen LogP contribution in [0.25, 0.3) is 0 Å². The molecule has 0 aliphatic carbocycles. The average Bonchev–Trinajstić information content (AvgIpc) is 2.43. The molecule has 1 heterocycles. The molecule has 0 aromatic heterocycles. The zero-order valence-electron chi connectivity index (χ0n) is 11.7. The van der Waals surface area contributed by atoms with E-state index in [0.717, 1.165) is 25.9 Å². The number of carbonyl (C=O) groups is 2. The van der Waals surface area contributed by atoms with Crippen LogP contribution in [0.15, 0.2) is 0 Å². The number of carbonyl (C=O) groups excluding carboxylic acids is 1. The maximum atomic E-state index is 11.6. The summed E-state index contributed by atoms with van der Waals surface area (Å²) >= 11 is 0. The molecule has 1 aliphatic rings. The number of piperidine rings is 1. The second-order valence-electron chi connectivity index (χ2n) is 5.26. The zero-order valence-corrected chi connectivity index (χ0v) is 11.7. The van der Waals surface area contributed by atoms with E-state index in [4.69, 9.17) is 9.84 Å². The second kappa shape index (κ2) is 7.45. The van der Waals surface area contributed by atoms with E-state index in [2.05, 4.69) is 10.6 Å². The van der Waals surface area contributed by atoms with Gasteiger partial charge in [0, 0.05) is 6.54 Å². The van der Waals surface area contributed by atoms with E-state index >= 15 is 0 Å². The first-order chi connectivity index (χ1) is 8.98. The van der Waals surface area contributed by atoms with Gasteiger partial charge >= 0.3 is 5.97 Å². The Morgan fingerprint density at radius 2 is 2.05 bits per heavy atom. The molecule has 0 spiro atoms. The standard InChI is InChI=1S/C13H24N2O4/c1-3-13(2,12(17)18)9-15-11(16)8-19-10-4-6-14-7-5-10/h10,14H,3-9H2,1-2H3,(H,15,16)(H,17,18). The minimum atomic E-state index is -0.912. The molecule has 1 fully saturated rings.